The summed E-state index contributed by atoms with van der Waals surface area (Å²) in [6, 6.07) is 7.21. The van der Waals surface area contributed by atoms with E-state index in [0.29, 0.717) is 29.3 Å². The Labute approximate surface area is 171 Å². The van der Waals surface area contributed by atoms with Gasteiger partial charge in [-0.05, 0) is 31.2 Å². The first-order valence-corrected chi connectivity index (χ1v) is 9.44. The van der Waals surface area contributed by atoms with E-state index in [1.54, 1.807) is 26.2 Å². The molecular weight excluding hydrogens is 394 g/mol. The molecule has 30 heavy (non-hydrogen) atoms. The Balaban J connectivity index is 1.67. The normalized spacial score (nSPS) is 23.9. The van der Waals surface area contributed by atoms with Gasteiger partial charge in [0.15, 0.2) is 23.5 Å². The van der Waals surface area contributed by atoms with Gasteiger partial charge in [0.2, 0.25) is 0 Å². The predicted octanol–water partition coefficient (Wildman–Crippen LogP) is 0.671. The minimum atomic E-state index is -1.22. The topological polar surface area (TPSA) is 147 Å². The van der Waals surface area contributed by atoms with Crippen molar-refractivity contribution in [3.8, 4) is 17.1 Å². The third kappa shape index (κ3) is 3.68. The number of ether oxygens (including phenoxy) is 2. The highest BCUT2D eigenvalue weighted by atomic mass is 17.2. The SMILES string of the molecule is CCOOC[C@H]1O[C@@H](n2cnc3c(N)nc(-c4ccc(OC)cc4)nc32)[C@H](O)[C@@H]1O. The molecular formula is C19H23N5O6. The molecule has 0 aliphatic carbocycles. The summed E-state index contributed by atoms with van der Waals surface area (Å²) in [5.74, 6) is 1.28. The fourth-order valence-electron chi connectivity index (χ4n) is 3.29. The summed E-state index contributed by atoms with van der Waals surface area (Å²) < 4.78 is 12.5. The van der Waals surface area contributed by atoms with Gasteiger partial charge in [0.25, 0.3) is 0 Å². The zero-order chi connectivity index (χ0) is 21.3. The number of methoxy groups -OCH3 is 1. The van der Waals surface area contributed by atoms with Crippen LogP contribution in [0.4, 0.5) is 5.82 Å². The van der Waals surface area contributed by atoms with E-state index in [2.05, 4.69) is 15.0 Å². The van der Waals surface area contributed by atoms with Crippen molar-refractivity contribution in [2.75, 3.05) is 26.1 Å². The second-order valence-corrected chi connectivity index (χ2v) is 6.72. The summed E-state index contributed by atoms with van der Waals surface area (Å²) in [4.78, 5) is 23.0. The van der Waals surface area contributed by atoms with E-state index in [0.717, 1.165) is 5.56 Å². The third-order valence-electron chi connectivity index (χ3n) is 4.84. The quantitative estimate of drug-likeness (QED) is 0.285. The smallest absolute Gasteiger partial charge is 0.168 e. The van der Waals surface area contributed by atoms with Crippen molar-refractivity contribution in [2.45, 2.75) is 31.5 Å². The van der Waals surface area contributed by atoms with Crippen LogP contribution in [0.15, 0.2) is 30.6 Å². The molecule has 0 amide bonds. The molecule has 11 heteroatoms. The van der Waals surface area contributed by atoms with Gasteiger partial charge in [-0.25, -0.2) is 24.7 Å². The van der Waals surface area contributed by atoms with Crippen LogP contribution in [-0.4, -0.2) is 68.4 Å². The summed E-state index contributed by atoms with van der Waals surface area (Å²) in [6.45, 7) is 2.08. The molecule has 4 N–H and O–H groups in total. The molecule has 3 heterocycles. The van der Waals surface area contributed by atoms with Crippen LogP contribution in [0.3, 0.4) is 0 Å². The number of nitrogen functional groups attached to an aromatic ring is 1. The van der Waals surface area contributed by atoms with E-state index in [-0.39, 0.29) is 12.4 Å². The zero-order valence-electron chi connectivity index (χ0n) is 16.5. The van der Waals surface area contributed by atoms with Crippen molar-refractivity contribution in [1.29, 1.82) is 0 Å². The standard InChI is InChI=1S/C19H23N5O6/c1-3-28-29-8-12-14(25)15(26)19(30-12)24-9-21-13-16(20)22-17(23-18(13)24)10-4-6-11(27-2)7-5-10/h4-7,9,12,14-15,19,25-26H,3,8H2,1-2H3,(H2,20,22,23)/t12-,14-,15-,19-/m1/s1. The van der Waals surface area contributed by atoms with E-state index in [9.17, 15) is 10.2 Å². The second kappa shape index (κ2) is 8.50. The van der Waals surface area contributed by atoms with Crippen molar-refractivity contribution >= 4 is 17.0 Å². The van der Waals surface area contributed by atoms with E-state index in [1.807, 2.05) is 12.1 Å². The Morgan fingerprint density at radius 2 is 1.90 bits per heavy atom. The Hall–Kier alpha value is -2.83. The molecule has 4 rings (SSSR count). The minimum Gasteiger partial charge on any atom is -0.497 e. The number of benzene rings is 1. The van der Waals surface area contributed by atoms with E-state index in [4.69, 9.17) is 25.0 Å². The maximum atomic E-state index is 10.5. The molecule has 1 aliphatic heterocycles. The van der Waals surface area contributed by atoms with Gasteiger partial charge < -0.3 is 25.4 Å². The number of nitrogens with zero attached hydrogens (tertiary/aromatic N) is 4. The molecule has 3 aromatic rings. The van der Waals surface area contributed by atoms with Crippen LogP contribution in [0, 0.1) is 0 Å². The van der Waals surface area contributed by atoms with E-state index in [1.165, 1.54) is 10.9 Å². The van der Waals surface area contributed by atoms with Gasteiger partial charge in [0.05, 0.1) is 20.0 Å². The molecule has 1 aromatic carbocycles. The van der Waals surface area contributed by atoms with Gasteiger partial charge in [-0.15, -0.1) is 0 Å². The lowest BCUT2D eigenvalue weighted by molar-refractivity contribution is -0.306. The zero-order valence-corrected chi connectivity index (χ0v) is 16.5. The minimum absolute atomic E-state index is 0.0383. The van der Waals surface area contributed by atoms with Crippen molar-refractivity contribution in [3.63, 3.8) is 0 Å². The highest BCUT2D eigenvalue weighted by molar-refractivity contribution is 5.83. The van der Waals surface area contributed by atoms with Gasteiger partial charge in [-0.1, -0.05) is 0 Å². The summed E-state index contributed by atoms with van der Waals surface area (Å²) in [6.07, 6.45) is -2.67. The number of rotatable bonds is 7. The molecule has 160 valence electrons. The van der Waals surface area contributed by atoms with Crippen molar-refractivity contribution in [1.82, 2.24) is 19.5 Å². The van der Waals surface area contributed by atoms with Crippen LogP contribution in [0.25, 0.3) is 22.6 Å². The number of aliphatic hydroxyl groups excluding tert-OH is 2. The average molecular weight is 417 g/mol. The Bertz CT molecular complexity index is 1010. The highest BCUT2D eigenvalue weighted by Gasteiger charge is 2.44. The van der Waals surface area contributed by atoms with Gasteiger partial charge >= 0.3 is 0 Å². The molecule has 1 fully saturated rings. The lowest BCUT2D eigenvalue weighted by Crippen LogP contribution is -2.33. The summed E-state index contributed by atoms with van der Waals surface area (Å²) >= 11 is 0. The predicted molar refractivity (Wildman–Crippen MR) is 105 cm³/mol. The largest absolute Gasteiger partial charge is 0.497 e. The number of hydrogen-bond donors (Lipinski definition) is 3. The maximum absolute atomic E-state index is 10.5. The van der Waals surface area contributed by atoms with Gasteiger partial charge in [0, 0.05) is 5.56 Å². The Morgan fingerprint density at radius 1 is 1.13 bits per heavy atom. The van der Waals surface area contributed by atoms with Gasteiger partial charge in [0.1, 0.15) is 36.2 Å². The third-order valence-corrected chi connectivity index (χ3v) is 4.84. The number of fused-ring (bicyclic) bond motifs is 1. The maximum Gasteiger partial charge on any atom is 0.168 e. The molecule has 0 spiro atoms. The molecule has 0 radical (unpaired) electrons. The number of anilines is 1. The van der Waals surface area contributed by atoms with Crippen LogP contribution in [0.5, 0.6) is 5.75 Å². The lowest BCUT2D eigenvalue weighted by Gasteiger charge is -2.17. The first-order chi connectivity index (χ1) is 14.5. The number of nitrogens with two attached hydrogens (primary N) is 1. The number of aliphatic hydroxyl groups is 2. The first-order valence-electron chi connectivity index (χ1n) is 9.44. The van der Waals surface area contributed by atoms with Gasteiger partial charge in [-0.3, -0.25) is 4.57 Å². The van der Waals surface area contributed by atoms with Crippen molar-refractivity contribution in [2.24, 2.45) is 0 Å². The van der Waals surface area contributed by atoms with E-state index < -0.39 is 24.5 Å². The summed E-state index contributed by atoms with van der Waals surface area (Å²) in [5.41, 5.74) is 7.56. The summed E-state index contributed by atoms with van der Waals surface area (Å²) in [7, 11) is 1.59. The monoisotopic (exact) mass is 417 g/mol. The van der Waals surface area contributed by atoms with Crippen LogP contribution in [0.1, 0.15) is 13.2 Å². The fourth-order valence-corrected chi connectivity index (χ4v) is 3.29. The number of aromatic nitrogens is 4. The Kier molecular flexibility index (Phi) is 5.79. The van der Waals surface area contributed by atoms with Crippen LogP contribution < -0.4 is 10.5 Å². The molecule has 4 atom stereocenters. The highest BCUT2D eigenvalue weighted by Crippen LogP contribution is 2.33. The van der Waals surface area contributed by atoms with Crippen molar-refractivity contribution in [3.05, 3.63) is 30.6 Å². The van der Waals surface area contributed by atoms with Crippen LogP contribution in [0.2, 0.25) is 0 Å². The molecule has 11 nitrogen and oxygen atoms in total. The van der Waals surface area contributed by atoms with Crippen LogP contribution in [-0.2, 0) is 14.5 Å². The molecule has 1 aliphatic rings. The second-order valence-electron chi connectivity index (χ2n) is 6.72. The van der Waals surface area contributed by atoms with Crippen molar-refractivity contribution < 1.29 is 29.5 Å². The van der Waals surface area contributed by atoms with E-state index >= 15 is 0 Å². The molecule has 0 bridgehead atoms. The summed E-state index contributed by atoms with van der Waals surface area (Å²) in [5, 5.41) is 20.8. The lowest BCUT2D eigenvalue weighted by atomic mass is 10.1. The molecule has 0 unspecified atom stereocenters. The molecule has 2 aromatic heterocycles. The molecule has 0 saturated carbocycles. The average Bonchev–Trinajstić information content (AvgIpc) is 3.30. The number of hydrogen-bond acceptors (Lipinski definition) is 10. The number of imidazole rings is 1. The first kappa shape index (κ1) is 20.4. The fraction of sp³-hybridized carbons (Fsp3) is 0.421. The molecule has 1 saturated heterocycles. The Morgan fingerprint density at radius 3 is 2.60 bits per heavy atom. The van der Waals surface area contributed by atoms with Gasteiger partial charge in [-0.2, -0.15) is 0 Å². The van der Waals surface area contributed by atoms with Crippen LogP contribution >= 0.6 is 0 Å².